The lowest BCUT2D eigenvalue weighted by Gasteiger charge is -2.01. The van der Waals surface area contributed by atoms with Crippen molar-refractivity contribution >= 4 is 18.1 Å². The number of nitrogens with zero attached hydrogens (tertiary/aromatic N) is 3. The van der Waals surface area contributed by atoms with E-state index < -0.39 is 5.91 Å². The van der Waals surface area contributed by atoms with Crippen LogP contribution in [0, 0.1) is 0 Å². The Bertz CT molecular complexity index is 385. The third kappa shape index (κ3) is 2.80. The molecule has 1 aromatic heterocycles. The molecule has 0 aliphatic rings. The molecule has 16 heavy (non-hydrogen) atoms. The van der Waals surface area contributed by atoms with Gasteiger partial charge in [0.25, 0.3) is 5.91 Å². The zero-order valence-corrected chi connectivity index (χ0v) is 9.30. The summed E-state index contributed by atoms with van der Waals surface area (Å²) in [5.74, 6) is -0.274. The highest BCUT2D eigenvalue weighted by Gasteiger charge is 2.14. The summed E-state index contributed by atoms with van der Waals surface area (Å²) >= 11 is 0. The smallest absolute Gasteiger partial charge is 0.269 e. The van der Waals surface area contributed by atoms with Crippen LogP contribution in [0.3, 0.4) is 0 Å². The van der Waals surface area contributed by atoms with Crippen molar-refractivity contribution in [3.05, 3.63) is 12.0 Å². The summed E-state index contributed by atoms with van der Waals surface area (Å²) in [5.41, 5.74) is 8.01. The van der Waals surface area contributed by atoms with Gasteiger partial charge in [-0.05, 0) is 13.8 Å². The van der Waals surface area contributed by atoms with Gasteiger partial charge >= 0.3 is 0 Å². The van der Waals surface area contributed by atoms with Crippen LogP contribution in [0.15, 0.2) is 11.3 Å². The fraction of sp³-hybridized carbons (Fsp3) is 0.444. The lowest BCUT2D eigenvalue weighted by atomic mass is 10.4. The number of amides is 1. The van der Waals surface area contributed by atoms with E-state index in [-0.39, 0.29) is 11.5 Å². The fourth-order valence-corrected chi connectivity index (χ4v) is 1.17. The molecule has 0 radical (unpaired) electrons. The molecule has 0 spiro atoms. The fourth-order valence-electron chi connectivity index (χ4n) is 1.17. The molecule has 0 atom stereocenters. The average molecular weight is 225 g/mol. The predicted octanol–water partition coefficient (Wildman–Crippen LogP) is 0.203. The molecule has 3 N–H and O–H groups in total. The van der Waals surface area contributed by atoms with Crippen LogP contribution < -0.4 is 11.2 Å². The number of nitrogens with two attached hydrogens (primary N) is 1. The number of hydroxylamine groups is 1. The van der Waals surface area contributed by atoms with Crippen molar-refractivity contribution < 1.29 is 9.63 Å². The molecule has 0 aliphatic heterocycles. The molecule has 0 saturated heterocycles. The average Bonchev–Trinajstić information content (AvgIpc) is 2.67. The maximum atomic E-state index is 11.2. The maximum absolute atomic E-state index is 11.2. The number of nitrogens with one attached hydrogen (secondary N) is 1. The van der Waals surface area contributed by atoms with Crippen molar-refractivity contribution in [2.45, 2.75) is 20.4 Å². The van der Waals surface area contributed by atoms with Crippen molar-refractivity contribution in [3.8, 4) is 0 Å². The minimum atomic E-state index is -0.553. The number of aliphatic imine (C=N–C) groups is 1. The molecular weight excluding hydrogens is 210 g/mol. The first-order valence-corrected chi connectivity index (χ1v) is 4.95. The van der Waals surface area contributed by atoms with Crippen molar-refractivity contribution in [1.82, 2.24) is 15.0 Å². The van der Waals surface area contributed by atoms with Crippen LogP contribution >= 0.6 is 0 Å². The Hall–Kier alpha value is -1.89. The van der Waals surface area contributed by atoms with Crippen LogP contribution in [0.4, 0.5) is 5.82 Å². The molecule has 0 aliphatic carbocycles. The molecule has 1 rings (SSSR count). The molecular formula is C9H15N5O2. The molecule has 0 aromatic carbocycles. The zero-order valence-electron chi connectivity index (χ0n) is 9.30. The van der Waals surface area contributed by atoms with Crippen molar-refractivity contribution in [3.63, 3.8) is 0 Å². The van der Waals surface area contributed by atoms with Gasteiger partial charge in [-0.25, -0.2) is 9.98 Å². The van der Waals surface area contributed by atoms with Gasteiger partial charge in [0.05, 0.1) is 12.9 Å². The Morgan fingerprint density at radius 1 is 1.75 bits per heavy atom. The second kappa shape index (κ2) is 5.86. The highest BCUT2D eigenvalue weighted by Crippen LogP contribution is 2.15. The van der Waals surface area contributed by atoms with Gasteiger partial charge in [0.2, 0.25) is 0 Å². The Morgan fingerprint density at radius 3 is 3.06 bits per heavy atom. The van der Waals surface area contributed by atoms with Gasteiger partial charge in [-0.15, -0.1) is 0 Å². The van der Waals surface area contributed by atoms with E-state index in [9.17, 15) is 4.79 Å². The van der Waals surface area contributed by atoms with Crippen molar-refractivity contribution in [2.24, 2.45) is 10.7 Å². The van der Waals surface area contributed by atoms with E-state index >= 15 is 0 Å². The maximum Gasteiger partial charge on any atom is 0.269 e. The molecule has 0 saturated carbocycles. The van der Waals surface area contributed by atoms with E-state index in [1.54, 1.807) is 4.57 Å². The largest absolute Gasteiger partial charge is 0.364 e. The molecule has 88 valence electrons. The number of aromatic nitrogens is 2. The standard InChI is InChI=1S/C9H15N5O2/c1-3-14-6-12-9(7(14)8(10)15)11-5-13-16-4-2/h5-6H,3-4H2,1-2H3,(H2,10,15)(H,11,13). The normalized spacial score (nSPS) is 10.9. The summed E-state index contributed by atoms with van der Waals surface area (Å²) < 4.78 is 1.63. The minimum absolute atomic E-state index is 0.279. The Morgan fingerprint density at radius 2 is 2.50 bits per heavy atom. The first-order chi connectivity index (χ1) is 7.70. The zero-order chi connectivity index (χ0) is 12.0. The van der Waals surface area contributed by atoms with Gasteiger partial charge in [0.15, 0.2) is 11.5 Å². The van der Waals surface area contributed by atoms with Gasteiger partial charge in [-0.1, -0.05) is 0 Å². The van der Waals surface area contributed by atoms with Crippen molar-refractivity contribution in [1.29, 1.82) is 0 Å². The highest BCUT2D eigenvalue weighted by molar-refractivity contribution is 5.95. The van der Waals surface area contributed by atoms with Crippen LogP contribution in [0.2, 0.25) is 0 Å². The molecule has 0 unspecified atom stereocenters. The quantitative estimate of drug-likeness (QED) is 0.313. The molecule has 1 amide bonds. The van der Waals surface area contributed by atoms with Crippen LogP contribution in [-0.4, -0.2) is 28.4 Å². The number of hydrogen-bond acceptors (Lipinski definition) is 4. The van der Waals surface area contributed by atoms with Gasteiger partial charge in [0, 0.05) is 6.54 Å². The van der Waals surface area contributed by atoms with Crippen LogP contribution in [0.5, 0.6) is 0 Å². The third-order valence-corrected chi connectivity index (χ3v) is 1.86. The molecule has 7 nitrogen and oxygen atoms in total. The van der Waals surface area contributed by atoms with E-state index in [0.717, 1.165) is 0 Å². The number of hydrogen-bond donors (Lipinski definition) is 2. The Kier molecular flexibility index (Phi) is 4.46. The summed E-state index contributed by atoms with van der Waals surface area (Å²) in [7, 11) is 0. The monoisotopic (exact) mass is 225 g/mol. The summed E-state index contributed by atoms with van der Waals surface area (Å²) in [4.78, 5) is 23.9. The van der Waals surface area contributed by atoms with Crippen molar-refractivity contribution in [2.75, 3.05) is 6.61 Å². The van der Waals surface area contributed by atoms with Gasteiger partial charge in [-0.2, -0.15) is 0 Å². The Labute approximate surface area is 93.3 Å². The van der Waals surface area contributed by atoms with Gasteiger partial charge in [-0.3, -0.25) is 15.1 Å². The second-order valence-electron chi connectivity index (χ2n) is 2.88. The number of primary amides is 1. The predicted molar refractivity (Wildman–Crippen MR) is 59.3 cm³/mol. The lowest BCUT2D eigenvalue weighted by molar-refractivity contribution is 0.0989. The summed E-state index contributed by atoms with van der Waals surface area (Å²) in [6.07, 6.45) is 2.84. The number of imidazole rings is 1. The first-order valence-electron chi connectivity index (χ1n) is 4.95. The number of carbonyl (C=O) groups excluding carboxylic acids is 1. The summed E-state index contributed by atoms with van der Waals surface area (Å²) in [6, 6.07) is 0. The molecule has 1 aromatic rings. The van der Waals surface area contributed by atoms with Crippen LogP contribution in [0.25, 0.3) is 0 Å². The number of carbonyl (C=O) groups is 1. The SMILES string of the molecule is CCON/C=N\c1ncn(CC)c1C(N)=O. The van der Waals surface area contributed by atoms with E-state index in [1.807, 2.05) is 13.8 Å². The molecule has 7 heteroatoms. The minimum Gasteiger partial charge on any atom is -0.364 e. The summed E-state index contributed by atoms with van der Waals surface area (Å²) in [6.45, 7) is 4.85. The Balaban J connectivity index is 2.83. The van der Waals surface area contributed by atoms with Gasteiger partial charge < -0.3 is 10.3 Å². The molecule has 0 fully saturated rings. The van der Waals surface area contributed by atoms with Crippen LogP contribution in [0.1, 0.15) is 24.3 Å². The first kappa shape index (κ1) is 12.2. The molecule has 0 bridgehead atoms. The van der Waals surface area contributed by atoms with Gasteiger partial charge in [0.1, 0.15) is 6.34 Å². The number of aryl methyl sites for hydroxylation is 1. The number of rotatable bonds is 6. The topological polar surface area (TPSA) is 94.5 Å². The third-order valence-electron chi connectivity index (χ3n) is 1.86. The highest BCUT2D eigenvalue weighted by atomic mass is 16.6. The summed E-state index contributed by atoms with van der Waals surface area (Å²) in [5, 5.41) is 0. The van der Waals surface area contributed by atoms with E-state index in [4.69, 9.17) is 10.6 Å². The van der Waals surface area contributed by atoms with E-state index in [1.165, 1.54) is 12.7 Å². The molecule has 1 heterocycles. The van der Waals surface area contributed by atoms with Crippen LogP contribution in [-0.2, 0) is 11.4 Å². The second-order valence-corrected chi connectivity index (χ2v) is 2.88. The van der Waals surface area contributed by atoms with E-state index in [2.05, 4.69) is 15.5 Å². The van der Waals surface area contributed by atoms with E-state index in [0.29, 0.717) is 13.2 Å². The lowest BCUT2D eigenvalue weighted by Crippen LogP contribution is -2.16.